The maximum atomic E-state index is 11.6. The van der Waals surface area contributed by atoms with Crippen molar-refractivity contribution in [3.63, 3.8) is 0 Å². The molecule has 0 aliphatic carbocycles. The molecular formula is C7H12F5NOS. The van der Waals surface area contributed by atoms with Gasteiger partial charge in [0.25, 0.3) is 6.43 Å². The van der Waals surface area contributed by atoms with Crippen molar-refractivity contribution in [3.05, 3.63) is 0 Å². The Balaban J connectivity index is 3.06. The summed E-state index contributed by atoms with van der Waals surface area (Å²) in [6, 6.07) is 0. The van der Waals surface area contributed by atoms with Crippen molar-refractivity contribution in [1.82, 2.24) is 5.32 Å². The van der Waals surface area contributed by atoms with Gasteiger partial charge in [-0.05, 0) is 11.8 Å². The normalized spacial score (nSPS) is 12.4. The molecule has 0 fully saturated rings. The SMILES string of the molecule is FC(F)COCCNCCSC(F)(F)F. The molecule has 0 rings (SSSR count). The minimum atomic E-state index is -4.21. The van der Waals surface area contributed by atoms with Crippen LogP contribution in [0.2, 0.25) is 0 Å². The minimum absolute atomic E-state index is 0.0705. The maximum absolute atomic E-state index is 11.6. The number of nitrogens with one attached hydrogen (secondary N) is 1. The van der Waals surface area contributed by atoms with Crippen LogP contribution >= 0.6 is 11.8 Å². The van der Waals surface area contributed by atoms with Crippen LogP contribution in [-0.4, -0.2) is 44.0 Å². The molecule has 0 aliphatic heterocycles. The van der Waals surface area contributed by atoms with Crippen LogP contribution in [0.15, 0.2) is 0 Å². The van der Waals surface area contributed by atoms with Gasteiger partial charge in [-0.3, -0.25) is 0 Å². The second-order valence-corrected chi connectivity index (χ2v) is 3.67. The summed E-state index contributed by atoms with van der Waals surface area (Å²) in [7, 11) is 0. The molecule has 0 aromatic rings. The fraction of sp³-hybridized carbons (Fsp3) is 1.00. The molecule has 0 radical (unpaired) electrons. The van der Waals surface area contributed by atoms with Gasteiger partial charge in [0.1, 0.15) is 6.61 Å². The topological polar surface area (TPSA) is 21.3 Å². The molecule has 0 spiro atoms. The number of thioether (sulfide) groups is 1. The third-order valence-corrected chi connectivity index (χ3v) is 1.95. The Hall–Kier alpha value is -0.0800. The minimum Gasteiger partial charge on any atom is -0.374 e. The summed E-state index contributed by atoms with van der Waals surface area (Å²) in [6.07, 6.45) is -2.51. The van der Waals surface area contributed by atoms with Gasteiger partial charge in [0.15, 0.2) is 0 Å². The van der Waals surface area contributed by atoms with Crippen LogP contribution in [0.5, 0.6) is 0 Å². The zero-order valence-corrected chi connectivity index (χ0v) is 8.64. The van der Waals surface area contributed by atoms with Gasteiger partial charge in [-0.25, -0.2) is 8.78 Å². The highest BCUT2D eigenvalue weighted by Gasteiger charge is 2.27. The van der Waals surface area contributed by atoms with Crippen molar-refractivity contribution in [2.24, 2.45) is 0 Å². The Morgan fingerprint density at radius 3 is 2.40 bits per heavy atom. The molecule has 0 aliphatic rings. The van der Waals surface area contributed by atoms with Crippen molar-refractivity contribution < 1.29 is 26.7 Å². The van der Waals surface area contributed by atoms with Crippen molar-refractivity contribution in [2.45, 2.75) is 11.9 Å². The highest BCUT2D eigenvalue weighted by molar-refractivity contribution is 8.00. The van der Waals surface area contributed by atoms with E-state index in [0.29, 0.717) is 0 Å². The number of alkyl halides is 5. The van der Waals surface area contributed by atoms with E-state index in [-0.39, 0.29) is 37.2 Å². The summed E-state index contributed by atoms with van der Waals surface area (Å²) in [5.41, 5.74) is -4.21. The second kappa shape index (κ2) is 8.12. The lowest BCUT2D eigenvalue weighted by atomic mass is 10.6. The summed E-state index contributed by atoms with van der Waals surface area (Å²) < 4.78 is 62.4. The van der Waals surface area contributed by atoms with Gasteiger partial charge in [-0.2, -0.15) is 13.2 Å². The Bertz CT molecular complexity index is 155. The predicted molar refractivity (Wildman–Crippen MR) is 48.2 cm³/mol. The summed E-state index contributed by atoms with van der Waals surface area (Å²) in [5, 5.41) is 2.64. The van der Waals surface area contributed by atoms with Gasteiger partial charge in [-0.15, -0.1) is 0 Å². The molecule has 1 N–H and O–H groups in total. The van der Waals surface area contributed by atoms with E-state index in [2.05, 4.69) is 10.1 Å². The fourth-order valence-electron chi connectivity index (χ4n) is 0.681. The van der Waals surface area contributed by atoms with Gasteiger partial charge < -0.3 is 10.1 Å². The van der Waals surface area contributed by atoms with Crippen LogP contribution in [0, 0.1) is 0 Å². The molecule has 0 saturated carbocycles. The summed E-state index contributed by atoms with van der Waals surface area (Å²) in [6.45, 7) is -0.132. The van der Waals surface area contributed by atoms with E-state index in [9.17, 15) is 22.0 Å². The average Bonchev–Trinajstić information content (AvgIpc) is 2.07. The first-order valence-corrected chi connectivity index (χ1v) is 5.17. The second-order valence-electron chi connectivity index (χ2n) is 2.51. The number of ether oxygens (including phenoxy) is 1. The highest BCUT2D eigenvalue weighted by Crippen LogP contribution is 2.29. The fourth-order valence-corrected chi connectivity index (χ4v) is 1.16. The smallest absolute Gasteiger partial charge is 0.374 e. The van der Waals surface area contributed by atoms with Crippen molar-refractivity contribution in [1.29, 1.82) is 0 Å². The van der Waals surface area contributed by atoms with Crippen LogP contribution < -0.4 is 5.32 Å². The molecule has 0 amide bonds. The number of hydrogen-bond donors (Lipinski definition) is 1. The molecule has 0 atom stereocenters. The van der Waals surface area contributed by atoms with Crippen LogP contribution in [-0.2, 0) is 4.74 Å². The van der Waals surface area contributed by atoms with E-state index in [1.54, 1.807) is 0 Å². The average molecular weight is 253 g/mol. The molecule has 2 nitrogen and oxygen atoms in total. The first kappa shape index (κ1) is 14.9. The molecular weight excluding hydrogens is 241 g/mol. The van der Waals surface area contributed by atoms with Gasteiger partial charge in [0.05, 0.1) is 6.61 Å². The number of hydrogen-bond acceptors (Lipinski definition) is 3. The van der Waals surface area contributed by atoms with E-state index in [4.69, 9.17) is 0 Å². The lowest BCUT2D eigenvalue weighted by Gasteiger charge is -2.07. The lowest BCUT2D eigenvalue weighted by Crippen LogP contribution is -2.24. The molecule has 0 unspecified atom stereocenters. The summed E-state index contributed by atoms with van der Waals surface area (Å²) >= 11 is -0.121. The Labute approximate surface area is 88.5 Å². The van der Waals surface area contributed by atoms with E-state index in [1.807, 2.05) is 0 Å². The van der Waals surface area contributed by atoms with Crippen molar-refractivity contribution >= 4 is 11.8 Å². The number of rotatable bonds is 8. The Morgan fingerprint density at radius 2 is 1.87 bits per heavy atom. The van der Waals surface area contributed by atoms with Crippen LogP contribution in [0.1, 0.15) is 0 Å². The maximum Gasteiger partial charge on any atom is 0.441 e. The van der Waals surface area contributed by atoms with Crippen molar-refractivity contribution in [2.75, 3.05) is 32.1 Å². The van der Waals surface area contributed by atoms with Gasteiger partial charge in [0, 0.05) is 18.8 Å². The molecule has 92 valence electrons. The summed E-state index contributed by atoms with van der Waals surface area (Å²) in [4.78, 5) is 0. The Kier molecular flexibility index (Phi) is 8.07. The van der Waals surface area contributed by atoms with Crippen LogP contribution in [0.3, 0.4) is 0 Å². The Morgan fingerprint density at radius 1 is 1.20 bits per heavy atom. The monoisotopic (exact) mass is 253 g/mol. The lowest BCUT2D eigenvalue weighted by molar-refractivity contribution is -0.0327. The largest absolute Gasteiger partial charge is 0.441 e. The molecule has 0 aromatic heterocycles. The molecule has 0 saturated heterocycles. The first-order valence-electron chi connectivity index (χ1n) is 4.19. The molecule has 0 aromatic carbocycles. The van der Waals surface area contributed by atoms with Gasteiger partial charge in [-0.1, -0.05) is 0 Å². The molecule has 15 heavy (non-hydrogen) atoms. The molecule has 0 heterocycles. The standard InChI is InChI=1S/C7H12F5NOS/c8-6(9)5-14-3-1-13-2-4-15-7(10,11)12/h6,13H,1-5H2. The van der Waals surface area contributed by atoms with E-state index in [1.165, 1.54) is 0 Å². The first-order chi connectivity index (χ1) is 6.92. The quantitative estimate of drug-likeness (QED) is 0.529. The number of halogens is 5. The van der Waals surface area contributed by atoms with Crippen LogP contribution in [0.25, 0.3) is 0 Å². The van der Waals surface area contributed by atoms with Crippen molar-refractivity contribution in [3.8, 4) is 0 Å². The third-order valence-electron chi connectivity index (χ3n) is 1.21. The molecule has 0 bridgehead atoms. The highest BCUT2D eigenvalue weighted by atomic mass is 32.2. The predicted octanol–water partition coefficient (Wildman–Crippen LogP) is 2.11. The van der Waals surface area contributed by atoms with E-state index in [0.717, 1.165) is 0 Å². The molecule has 8 heteroatoms. The summed E-state index contributed by atoms with van der Waals surface area (Å²) in [5.74, 6) is -0.0989. The van der Waals surface area contributed by atoms with Crippen LogP contribution in [0.4, 0.5) is 22.0 Å². The van der Waals surface area contributed by atoms with Gasteiger partial charge in [0.2, 0.25) is 0 Å². The van der Waals surface area contributed by atoms with Gasteiger partial charge >= 0.3 is 5.51 Å². The van der Waals surface area contributed by atoms with E-state index >= 15 is 0 Å². The zero-order chi connectivity index (χ0) is 11.7. The third kappa shape index (κ3) is 13.9. The van der Waals surface area contributed by atoms with E-state index < -0.39 is 18.5 Å². The zero-order valence-electron chi connectivity index (χ0n) is 7.82.